The van der Waals surface area contributed by atoms with E-state index in [2.05, 4.69) is 48.3 Å². The number of carbonyl (C=O) groups excluding carboxylic acids is 1. The third-order valence-electron chi connectivity index (χ3n) is 4.48. The number of carbonyl (C=O) groups is 1. The summed E-state index contributed by atoms with van der Waals surface area (Å²) >= 11 is 0. The molecule has 1 saturated carbocycles. The van der Waals surface area contributed by atoms with Gasteiger partial charge in [-0.25, -0.2) is 0 Å². The minimum atomic E-state index is 0.224. The van der Waals surface area contributed by atoms with Crippen LogP contribution in [0.4, 0.5) is 0 Å². The maximum Gasteiger partial charge on any atom is 0.226 e. The first-order valence-electron chi connectivity index (χ1n) is 7.25. The highest BCUT2D eigenvalue weighted by molar-refractivity contribution is 5.83. The number of nitrogens with zero attached hydrogens (tertiary/aromatic N) is 1. The highest BCUT2D eigenvalue weighted by Crippen LogP contribution is 2.49. The van der Waals surface area contributed by atoms with Crippen molar-refractivity contribution in [2.24, 2.45) is 5.92 Å². The molecule has 102 valence electrons. The van der Waals surface area contributed by atoms with Crippen LogP contribution >= 0.6 is 0 Å². The molecule has 3 nitrogen and oxygen atoms in total. The van der Waals surface area contributed by atoms with Crippen LogP contribution in [0.2, 0.25) is 0 Å². The van der Waals surface area contributed by atoms with Gasteiger partial charge < -0.3 is 10.2 Å². The predicted octanol–water partition coefficient (Wildman–Crippen LogP) is 1.92. The Hall–Kier alpha value is -1.35. The monoisotopic (exact) mass is 258 g/mol. The maximum atomic E-state index is 12.6. The number of amides is 1. The average Bonchev–Trinajstić information content (AvgIpc) is 3.19. The first-order valence-corrected chi connectivity index (χ1v) is 7.25. The van der Waals surface area contributed by atoms with Crippen molar-refractivity contribution in [3.05, 3.63) is 35.4 Å². The summed E-state index contributed by atoms with van der Waals surface area (Å²) < 4.78 is 0. The van der Waals surface area contributed by atoms with Crippen LogP contribution in [-0.2, 0) is 4.79 Å². The summed E-state index contributed by atoms with van der Waals surface area (Å²) in [5, 5.41) is 3.34. The molecule has 1 heterocycles. The Balaban J connectivity index is 1.69. The van der Waals surface area contributed by atoms with Gasteiger partial charge in [-0.15, -0.1) is 0 Å². The van der Waals surface area contributed by atoms with Gasteiger partial charge in [0, 0.05) is 31.6 Å². The molecule has 19 heavy (non-hydrogen) atoms. The molecule has 2 fully saturated rings. The van der Waals surface area contributed by atoms with Crippen LogP contribution < -0.4 is 5.32 Å². The normalized spacial score (nSPS) is 30.2. The maximum absolute atomic E-state index is 12.6. The number of nitrogens with one attached hydrogen (secondary N) is 1. The van der Waals surface area contributed by atoms with Gasteiger partial charge >= 0.3 is 0 Å². The zero-order valence-corrected chi connectivity index (χ0v) is 11.7. The van der Waals surface area contributed by atoms with Crippen molar-refractivity contribution in [1.29, 1.82) is 0 Å². The van der Waals surface area contributed by atoms with E-state index in [1.165, 1.54) is 11.1 Å². The molecule has 3 heteroatoms. The van der Waals surface area contributed by atoms with Crippen molar-refractivity contribution in [2.45, 2.75) is 32.2 Å². The zero-order chi connectivity index (χ0) is 13.4. The fraction of sp³-hybridized carbons (Fsp3) is 0.562. The van der Waals surface area contributed by atoms with Crippen LogP contribution in [0.1, 0.15) is 30.4 Å². The fourth-order valence-electron chi connectivity index (χ4n) is 3.20. The van der Waals surface area contributed by atoms with Gasteiger partial charge in [-0.05, 0) is 37.3 Å². The number of hydrogen-bond acceptors (Lipinski definition) is 2. The molecule has 1 aromatic carbocycles. The standard InChI is InChI=1S/C16H22N2O/c1-11-5-3-4-6-13(11)14-9-15(14)16(19)18-8-7-17-10-12(18)2/h3-6,12,14-15,17H,7-10H2,1-2H3/t12-,14?,15?/m0/s1. The Morgan fingerprint density at radius 3 is 2.89 bits per heavy atom. The number of benzene rings is 1. The second-order valence-corrected chi connectivity index (χ2v) is 5.89. The highest BCUT2D eigenvalue weighted by atomic mass is 16.2. The van der Waals surface area contributed by atoms with Crippen LogP contribution in [-0.4, -0.2) is 36.5 Å². The fourth-order valence-corrected chi connectivity index (χ4v) is 3.20. The third-order valence-corrected chi connectivity index (χ3v) is 4.48. The van der Waals surface area contributed by atoms with E-state index in [1.54, 1.807) is 0 Å². The lowest BCUT2D eigenvalue weighted by atomic mass is 10.0. The minimum Gasteiger partial charge on any atom is -0.337 e. The van der Waals surface area contributed by atoms with Gasteiger partial charge in [-0.2, -0.15) is 0 Å². The molecular formula is C16H22N2O. The van der Waals surface area contributed by atoms with Gasteiger partial charge in [0.1, 0.15) is 0 Å². The molecule has 0 radical (unpaired) electrons. The molecule has 1 amide bonds. The van der Waals surface area contributed by atoms with E-state index in [-0.39, 0.29) is 5.92 Å². The highest BCUT2D eigenvalue weighted by Gasteiger charge is 2.47. The van der Waals surface area contributed by atoms with Gasteiger partial charge in [-0.3, -0.25) is 4.79 Å². The largest absolute Gasteiger partial charge is 0.337 e. The Morgan fingerprint density at radius 2 is 2.16 bits per heavy atom. The number of piperazine rings is 1. The smallest absolute Gasteiger partial charge is 0.226 e. The van der Waals surface area contributed by atoms with E-state index < -0.39 is 0 Å². The molecule has 3 atom stereocenters. The summed E-state index contributed by atoms with van der Waals surface area (Å²) in [5.74, 6) is 1.04. The van der Waals surface area contributed by atoms with Crippen LogP contribution in [0.15, 0.2) is 24.3 Å². The number of hydrogen-bond donors (Lipinski definition) is 1. The summed E-state index contributed by atoms with van der Waals surface area (Å²) in [6.07, 6.45) is 1.03. The molecule has 1 aromatic rings. The SMILES string of the molecule is Cc1ccccc1C1CC1C(=O)N1CCNC[C@@H]1C. The zero-order valence-electron chi connectivity index (χ0n) is 11.7. The summed E-state index contributed by atoms with van der Waals surface area (Å²) in [7, 11) is 0. The predicted molar refractivity (Wildman–Crippen MR) is 76.1 cm³/mol. The molecule has 1 aliphatic carbocycles. The molecule has 1 aliphatic heterocycles. The van der Waals surface area contributed by atoms with Crippen LogP contribution in [0.3, 0.4) is 0 Å². The van der Waals surface area contributed by atoms with E-state index in [4.69, 9.17) is 0 Å². The van der Waals surface area contributed by atoms with E-state index in [1.807, 2.05) is 0 Å². The summed E-state index contributed by atoms with van der Waals surface area (Å²) in [5.41, 5.74) is 2.68. The summed E-state index contributed by atoms with van der Waals surface area (Å²) in [4.78, 5) is 14.6. The van der Waals surface area contributed by atoms with E-state index in [9.17, 15) is 4.79 Å². The van der Waals surface area contributed by atoms with Crippen molar-refractivity contribution in [1.82, 2.24) is 10.2 Å². The van der Waals surface area contributed by atoms with Gasteiger partial charge in [0.2, 0.25) is 5.91 Å². The molecule has 1 saturated heterocycles. The van der Waals surface area contributed by atoms with Crippen LogP contribution in [0.5, 0.6) is 0 Å². The van der Waals surface area contributed by atoms with Crippen LogP contribution in [0.25, 0.3) is 0 Å². The number of rotatable bonds is 2. The third kappa shape index (κ3) is 2.39. The molecule has 2 unspecified atom stereocenters. The van der Waals surface area contributed by atoms with E-state index in [0.717, 1.165) is 26.1 Å². The minimum absolute atomic E-state index is 0.224. The molecule has 0 bridgehead atoms. The lowest BCUT2D eigenvalue weighted by Crippen LogP contribution is -2.52. The molecular weight excluding hydrogens is 236 g/mol. The first kappa shape index (κ1) is 12.7. The number of aryl methyl sites for hydroxylation is 1. The Labute approximate surface area is 115 Å². The lowest BCUT2D eigenvalue weighted by Gasteiger charge is -2.34. The molecule has 0 spiro atoms. The summed E-state index contributed by atoms with van der Waals surface area (Å²) in [6.45, 7) is 6.99. The first-order chi connectivity index (χ1) is 9.18. The molecule has 1 N–H and O–H groups in total. The van der Waals surface area contributed by atoms with E-state index in [0.29, 0.717) is 17.9 Å². The van der Waals surface area contributed by atoms with Crippen LogP contribution in [0, 0.1) is 12.8 Å². The second kappa shape index (κ2) is 4.97. The quantitative estimate of drug-likeness (QED) is 0.879. The lowest BCUT2D eigenvalue weighted by molar-refractivity contribution is -0.135. The average molecular weight is 258 g/mol. The Morgan fingerprint density at radius 1 is 1.37 bits per heavy atom. The Kier molecular flexibility index (Phi) is 3.31. The molecule has 2 aliphatic rings. The van der Waals surface area contributed by atoms with E-state index >= 15 is 0 Å². The van der Waals surface area contributed by atoms with Crippen molar-refractivity contribution in [2.75, 3.05) is 19.6 Å². The topological polar surface area (TPSA) is 32.3 Å². The van der Waals surface area contributed by atoms with Crippen molar-refractivity contribution < 1.29 is 4.79 Å². The molecule has 0 aromatic heterocycles. The van der Waals surface area contributed by atoms with Gasteiger partial charge in [0.25, 0.3) is 0 Å². The molecule has 3 rings (SSSR count). The van der Waals surface area contributed by atoms with Crippen molar-refractivity contribution >= 4 is 5.91 Å². The van der Waals surface area contributed by atoms with Gasteiger partial charge in [0.05, 0.1) is 0 Å². The van der Waals surface area contributed by atoms with Gasteiger partial charge in [-0.1, -0.05) is 24.3 Å². The van der Waals surface area contributed by atoms with Crippen molar-refractivity contribution in [3.63, 3.8) is 0 Å². The van der Waals surface area contributed by atoms with Crippen molar-refractivity contribution in [3.8, 4) is 0 Å². The Bertz CT molecular complexity index is 485. The van der Waals surface area contributed by atoms with Gasteiger partial charge in [0.15, 0.2) is 0 Å². The second-order valence-electron chi connectivity index (χ2n) is 5.89. The summed E-state index contributed by atoms with van der Waals surface area (Å²) in [6, 6.07) is 8.79.